The maximum absolute atomic E-state index is 10.9. The molecule has 108 valence electrons. The van der Waals surface area contributed by atoms with E-state index in [1.54, 1.807) is 33.0 Å². The van der Waals surface area contributed by atoms with Gasteiger partial charge in [-0.25, -0.2) is 0 Å². The van der Waals surface area contributed by atoms with Gasteiger partial charge in [0.05, 0.1) is 22.7 Å². The first-order chi connectivity index (χ1) is 9.33. The first-order valence-electron chi connectivity index (χ1n) is 6.34. The SMILES string of the molecule is CNC(C)(C#N)CC(C)Oc1cccc([N+](=O)[O-])c1C. The molecule has 0 saturated heterocycles. The summed E-state index contributed by atoms with van der Waals surface area (Å²) in [6, 6.07) is 6.92. The smallest absolute Gasteiger partial charge is 0.276 e. The number of nitrogens with one attached hydrogen (secondary N) is 1. The van der Waals surface area contributed by atoms with Crippen LogP contribution in [-0.2, 0) is 0 Å². The van der Waals surface area contributed by atoms with Gasteiger partial charge in [0.1, 0.15) is 11.3 Å². The van der Waals surface area contributed by atoms with Gasteiger partial charge in [0.25, 0.3) is 5.69 Å². The third-order valence-electron chi connectivity index (χ3n) is 3.27. The Morgan fingerprint density at radius 3 is 2.75 bits per heavy atom. The Morgan fingerprint density at radius 1 is 1.60 bits per heavy atom. The molecular formula is C14H19N3O3. The topological polar surface area (TPSA) is 88.2 Å². The fourth-order valence-electron chi connectivity index (χ4n) is 1.97. The minimum Gasteiger partial charge on any atom is -0.490 e. The molecule has 1 N–H and O–H groups in total. The molecule has 2 atom stereocenters. The van der Waals surface area contributed by atoms with E-state index in [1.807, 2.05) is 6.92 Å². The number of rotatable bonds is 6. The van der Waals surface area contributed by atoms with Gasteiger partial charge in [-0.15, -0.1) is 0 Å². The Morgan fingerprint density at radius 2 is 2.25 bits per heavy atom. The van der Waals surface area contributed by atoms with Crippen LogP contribution in [0.25, 0.3) is 0 Å². The number of nitro groups is 1. The fraction of sp³-hybridized carbons (Fsp3) is 0.500. The van der Waals surface area contributed by atoms with Gasteiger partial charge in [-0.2, -0.15) is 5.26 Å². The highest BCUT2D eigenvalue weighted by atomic mass is 16.6. The lowest BCUT2D eigenvalue weighted by atomic mass is 9.97. The molecule has 0 aliphatic carbocycles. The molecule has 0 saturated carbocycles. The molecule has 0 fully saturated rings. The van der Waals surface area contributed by atoms with Crippen LogP contribution in [-0.4, -0.2) is 23.6 Å². The van der Waals surface area contributed by atoms with Gasteiger partial charge in [-0.05, 0) is 33.9 Å². The summed E-state index contributed by atoms with van der Waals surface area (Å²) < 4.78 is 5.74. The van der Waals surface area contributed by atoms with Crippen molar-refractivity contribution in [2.45, 2.75) is 38.8 Å². The van der Waals surface area contributed by atoms with Gasteiger partial charge in [0.2, 0.25) is 0 Å². The van der Waals surface area contributed by atoms with Crippen molar-refractivity contribution in [3.63, 3.8) is 0 Å². The minimum atomic E-state index is -0.686. The average molecular weight is 277 g/mol. The minimum absolute atomic E-state index is 0.0337. The Kier molecular flexibility index (Phi) is 5.06. The van der Waals surface area contributed by atoms with Crippen molar-refractivity contribution in [2.24, 2.45) is 0 Å². The molecule has 6 heteroatoms. The van der Waals surface area contributed by atoms with Crippen molar-refractivity contribution in [3.8, 4) is 11.8 Å². The number of hydrogen-bond donors (Lipinski definition) is 1. The molecule has 0 aliphatic rings. The van der Waals surface area contributed by atoms with Crippen LogP contribution in [0.4, 0.5) is 5.69 Å². The second kappa shape index (κ2) is 6.35. The van der Waals surface area contributed by atoms with Crippen LogP contribution in [0.1, 0.15) is 25.8 Å². The molecular weight excluding hydrogens is 258 g/mol. The molecule has 0 bridgehead atoms. The Labute approximate surface area is 118 Å². The molecule has 0 aliphatic heterocycles. The lowest BCUT2D eigenvalue weighted by molar-refractivity contribution is -0.385. The molecule has 0 amide bonds. The van der Waals surface area contributed by atoms with Crippen molar-refractivity contribution >= 4 is 5.69 Å². The highest BCUT2D eigenvalue weighted by Gasteiger charge is 2.26. The number of ether oxygens (including phenoxy) is 1. The van der Waals surface area contributed by atoms with Crippen LogP contribution in [0.2, 0.25) is 0 Å². The van der Waals surface area contributed by atoms with Gasteiger partial charge in [0.15, 0.2) is 0 Å². The van der Waals surface area contributed by atoms with E-state index in [-0.39, 0.29) is 11.8 Å². The first kappa shape index (κ1) is 15.9. The van der Waals surface area contributed by atoms with Gasteiger partial charge in [0, 0.05) is 12.5 Å². The lowest BCUT2D eigenvalue weighted by Crippen LogP contribution is -2.41. The summed E-state index contributed by atoms with van der Waals surface area (Å²) in [5, 5.41) is 22.9. The van der Waals surface area contributed by atoms with E-state index in [4.69, 9.17) is 10.00 Å². The van der Waals surface area contributed by atoms with E-state index >= 15 is 0 Å². The maximum Gasteiger partial charge on any atom is 0.276 e. The highest BCUT2D eigenvalue weighted by molar-refractivity contribution is 5.48. The lowest BCUT2D eigenvalue weighted by Gasteiger charge is -2.25. The Balaban J connectivity index is 2.87. The molecule has 1 aromatic rings. The number of nitro benzene ring substituents is 1. The summed E-state index contributed by atoms with van der Waals surface area (Å²) in [7, 11) is 1.72. The summed E-state index contributed by atoms with van der Waals surface area (Å²) in [5.41, 5.74) is -0.160. The first-order valence-corrected chi connectivity index (χ1v) is 6.34. The predicted molar refractivity (Wildman–Crippen MR) is 75.6 cm³/mol. The molecule has 2 unspecified atom stereocenters. The predicted octanol–water partition coefficient (Wildman–Crippen LogP) is 2.56. The molecule has 0 spiro atoms. The zero-order chi connectivity index (χ0) is 15.3. The van der Waals surface area contributed by atoms with Crippen molar-refractivity contribution < 1.29 is 9.66 Å². The van der Waals surface area contributed by atoms with Crippen molar-refractivity contribution in [1.29, 1.82) is 5.26 Å². The van der Waals surface area contributed by atoms with E-state index in [9.17, 15) is 10.1 Å². The van der Waals surface area contributed by atoms with Gasteiger partial charge in [-0.3, -0.25) is 10.1 Å². The zero-order valence-corrected chi connectivity index (χ0v) is 12.1. The highest BCUT2D eigenvalue weighted by Crippen LogP contribution is 2.28. The average Bonchev–Trinajstić information content (AvgIpc) is 2.40. The monoisotopic (exact) mass is 277 g/mol. The van der Waals surface area contributed by atoms with Crippen LogP contribution in [0.3, 0.4) is 0 Å². The number of hydrogen-bond acceptors (Lipinski definition) is 5. The van der Waals surface area contributed by atoms with E-state index in [0.717, 1.165) is 0 Å². The quantitative estimate of drug-likeness (QED) is 0.637. The van der Waals surface area contributed by atoms with Crippen molar-refractivity contribution in [2.75, 3.05) is 7.05 Å². The summed E-state index contributed by atoms with van der Waals surface area (Å²) in [6.45, 7) is 5.28. The van der Waals surface area contributed by atoms with Crippen molar-refractivity contribution in [1.82, 2.24) is 5.32 Å². The third kappa shape index (κ3) is 3.68. The fourth-order valence-corrected chi connectivity index (χ4v) is 1.97. The van der Waals surface area contributed by atoms with E-state index < -0.39 is 10.5 Å². The summed E-state index contributed by atoms with van der Waals surface area (Å²) in [6.07, 6.45) is 0.232. The molecule has 20 heavy (non-hydrogen) atoms. The summed E-state index contributed by atoms with van der Waals surface area (Å²) >= 11 is 0. The van der Waals surface area contributed by atoms with Crippen LogP contribution in [0.15, 0.2) is 18.2 Å². The molecule has 1 rings (SSSR count). The summed E-state index contributed by atoms with van der Waals surface area (Å²) in [4.78, 5) is 10.4. The van der Waals surface area contributed by atoms with E-state index in [1.165, 1.54) is 6.07 Å². The molecule has 0 aromatic heterocycles. The van der Waals surface area contributed by atoms with Crippen LogP contribution in [0.5, 0.6) is 5.75 Å². The van der Waals surface area contributed by atoms with Crippen LogP contribution >= 0.6 is 0 Å². The molecule has 0 radical (unpaired) electrons. The van der Waals surface area contributed by atoms with Crippen molar-refractivity contribution in [3.05, 3.63) is 33.9 Å². The van der Waals surface area contributed by atoms with Gasteiger partial charge < -0.3 is 10.1 Å². The largest absolute Gasteiger partial charge is 0.490 e. The summed E-state index contributed by atoms with van der Waals surface area (Å²) in [5.74, 6) is 0.475. The van der Waals surface area contributed by atoms with Gasteiger partial charge in [-0.1, -0.05) is 6.07 Å². The Hall–Kier alpha value is -2.13. The maximum atomic E-state index is 10.9. The molecule has 1 aromatic carbocycles. The van der Waals surface area contributed by atoms with Gasteiger partial charge >= 0.3 is 0 Å². The normalized spacial score (nSPS) is 14.9. The molecule has 0 heterocycles. The van der Waals surface area contributed by atoms with Crippen LogP contribution < -0.4 is 10.1 Å². The standard InChI is InChI=1S/C14H19N3O3/c1-10(8-14(3,9-15)16-4)20-13-7-5-6-12(11(13)2)17(18)19/h5-7,10,16H,8H2,1-4H3. The van der Waals surface area contributed by atoms with E-state index in [2.05, 4.69) is 11.4 Å². The zero-order valence-electron chi connectivity index (χ0n) is 12.1. The number of benzene rings is 1. The Bertz CT molecular complexity index is 539. The van der Waals surface area contributed by atoms with E-state index in [0.29, 0.717) is 17.7 Å². The number of nitriles is 1. The second-order valence-electron chi connectivity index (χ2n) is 4.98. The second-order valence-corrected chi connectivity index (χ2v) is 4.98. The van der Waals surface area contributed by atoms with Crippen LogP contribution in [0, 0.1) is 28.4 Å². The third-order valence-corrected chi connectivity index (χ3v) is 3.27. The number of nitrogens with zero attached hydrogens (tertiary/aromatic N) is 2. The molecule has 6 nitrogen and oxygen atoms in total.